The Kier molecular flexibility index (Phi) is 2.51. The van der Waals surface area contributed by atoms with Crippen molar-refractivity contribution >= 4 is 5.97 Å². The number of carbonyl (C=O) groups is 1. The zero-order chi connectivity index (χ0) is 10.9. The summed E-state index contributed by atoms with van der Waals surface area (Å²) >= 11 is 0. The van der Waals surface area contributed by atoms with E-state index in [1.165, 1.54) is 7.11 Å². The SMILES string of the molecule is COC(=O)c1c(C(C)(C)C)[nH]oc1=O. The highest BCUT2D eigenvalue weighted by molar-refractivity contribution is 5.90. The van der Waals surface area contributed by atoms with Crippen LogP contribution in [0, 0.1) is 0 Å². The standard InChI is InChI=1S/C9H13NO4/c1-9(2,3)6-5(7(11)13-4)8(12)14-10-6/h10H,1-4H3. The first-order chi connectivity index (χ1) is 6.38. The lowest BCUT2D eigenvalue weighted by atomic mass is 9.89. The number of hydrogen-bond donors (Lipinski definition) is 1. The van der Waals surface area contributed by atoms with Gasteiger partial charge in [0.25, 0.3) is 0 Å². The molecule has 1 aromatic rings. The first-order valence-corrected chi connectivity index (χ1v) is 4.18. The summed E-state index contributed by atoms with van der Waals surface area (Å²) in [5, 5.41) is 2.44. The number of rotatable bonds is 1. The third-order valence-electron chi connectivity index (χ3n) is 1.84. The molecule has 0 aliphatic rings. The van der Waals surface area contributed by atoms with Crippen molar-refractivity contribution in [3.8, 4) is 0 Å². The van der Waals surface area contributed by atoms with Crippen LogP contribution >= 0.6 is 0 Å². The van der Waals surface area contributed by atoms with Gasteiger partial charge in [0.15, 0.2) is 5.56 Å². The first kappa shape index (κ1) is 10.6. The number of hydrogen-bond acceptors (Lipinski definition) is 4. The van der Waals surface area contributed by atoms with E-state index in [4.69, 9.17) is 0 Å². The maximum atomic E-state index is 11.3. The van der Waals surface area contributed by atoms with Crippen molar-refractivity contribution in [2.75, 3.05) is 7.11 Å². The van der Waals surface area contributed by atoms with Crippen molar-refractivity contribution in [3.05, 3.63) is 21.7 Å². The molecule has 0 saturated carbocycles. The fourth-order valence-electron chi connectivity index (χ4n) is 1.12. The Morgan fingerprint density at radius 3 is 2.43 bits per heavy atom. The minimum atomic E-state index is -0.693. The van der Waals surface area contributed by atoms with E-state index >= 15 is 0 Å². The van der Waals surface area contributed by atoms with E-state index in [1.807, 2.05) is 20.8 Å². The van der Waals surface area contributed by atoms with E-state index in [2.05, 4.69) is 14.4 Å². The number of nitrogens with one attached hydrogen (secondary N) is 1. The quantitative estimate of drug-likeness (QED) is 0.686. The minimum Gasteiger partial charge on any atom is -0.465 e. The van der Waals surface area contributed by atoms with Crippen molar-refractivity contribution in [1.29, 1.82) is 0 Å². The average molecular weight is 199 g/mol. The molecular formula is C9H13NO4. The smallest absolute Gasteiger partial charge is 0.372 e. The molecular weight excluding hydrogens is 186 g/mol. The Labute approximate surface area is 81.0 Å². The van der Waals surface area contributed by atoms with Crippen molar-refractivity contribution in [2.45, 2.75) is 26.2 Å². The van der Waals surface area contributed by atoms with Gasteiger partial charge in [0.2, 0.25) is 0 Å². The number of methoxy groups -OCH3 is 1. The molecule has 1 rings (SSSR count). The number of carbonyl (C=O) groups excluding carboxylic acids is 1. The van der Waals surface area contributed by atoms with Crippen molar-refractivity contribution in [1.82, 2.24) is 5.16 Å². The first-order valence-electron chi connectivity index (χ1n) is 4.18. The Bertz CT molecular complexity index is 394. The Balaban J connectivity index is 3.34. The third-order valence-corrected chi connectivity index (χ3v) is 1.84. The molecule has 78 valence electrons. The zero-order valence-corrected chi connectivity index (χ0v) is 8.63. The summed E-state index contributed by atoms with van der Waals surface area (Å²) in [6.07, 6.45) is 0. The van der Waals surface area contributed by atoms with E-state index in [0.29, 0.717) is 5.69 Å². The fourth-order valence-corrected chi connectivity index (χ4v) is 1.12. The lowest BCUT2D eigenvalue weighted by Gasteiger charge is -2.15. The van der Waals surface area contributed by atoms with Crippen molar-refractivity contribution in [2.24, 2.45) is 0 Å². The molecule has 0 unspecified atom stereocenters. The molecule has 0 radical (unpaired) electrons. The molecule has 5 nitrogen and oxygen atoms in total. The van der Waals surface area contributed by atoms with Gasteiger partial charge in [0.1, 0.15) is 0 Å². The van der Waals surface area contributed by atoms with E-state index < -0.39 is 11.6 Å². The predicted octanol–water partition coefficient (Wildman–Crippen LogP) is 1.05. The van der Waals surface area contributed by atoms with Gasteiger partial charge in [-0.15, -0.1) is 0 Å². The van der Waals surface area contributed by atoms with Crippen LogP contribution in [0.15, 0.2) is 9.32 Å². The molecule has 5 heteroatoms. The van der Waals surface area contributed by atoms with Gasteiger partial charge in [-0.3, -0.25) is 0 Å². The number of aromatic amines is 1. The summed E-state index contributed by atoms with van der Waals surface area (Å²) in [5.41, 5.74) is -0.661. The molecule has 0 aliphatic carbocycles. The Morgan fingerprint density at radius 1 is 1.43 bits per heavy atom. The molecule has 0 bridgehead atoms. The molecule has 0 aromatic carbocycles. The number of H-pyrrole nitrogens is 1. The van der Waals surface area contributed by atoms with Crippen LogP contribution in [-0.2, 0) is 10.2 Å². The van der Waals surface area contributed by atoms with Gasteiger partial charge >= 0.3 is 11.6 Å². The van der Waals surface area contributed by atoms with Gasteiger partial charge < -0.3 is 9.26 Å². The molecule has 0 aliphatic heterocycles. The van der Waals surface area contributed by atoms with E-state index in [9.17, 15) is 9.59 Å². The van der Waals surface area contributed by atoms with Crippen LogP contribution in [0.4, 0.5) is 0 Å². The highest BCUT2D eigenvalue weighted by Crippen LogP contribution is 2.22. The van der Waals surface area contributed by atoms with Crippen LogP contribution in [0.3, 0.4) is 0 Å². The zero-order valence-electron chi connectivity index (χ0n) is 8.63. The van der Waals surface area contributed by atoms with E-state index in [-0.39, 0.29) is 11.0 Å². The lowest BCUT2D eigenvalue weighted by Crippen LogP contribution is -2.21. The second kappa shape index (κ2) is 3.32. The molecule has 0 saturated heterocycles. The monoisotopic (exact) mass is 199 g/mol. The molecule has 1 heterocycles. The summed E-state index contributed by atoms with van der Waals surface area (Å²) in [6, 6.07) is 0. The van der Waals surface area contributed by atoms with Crippen LogP contribution in [0.1, 0.15) is 36.8 Å². The normalized spacial score (nSPS) is 11.4. The molecule has 0 fully saturated rings. The summed E-state index contributed by atoms with van der Waals surface area (Å²) in [5.74, 6) is -0.676. The van der Waals surface area contributed by atoms with Gasteiger partial charge in [0.05, 0.1) is 12.8 Å². The molecule has 1 aromatic heterocycles. The van der Waals surface area contributed by atoms with Gasteiger partial charge in [-0.05, 0) is 0 Å². The minimum absolute atomic E-state index is 0.0556. The lowest BCUT2D eigenvalue weighted by molar-refractivity contribution is 0.0595. The number of esters is 1. The van der Waals surface area contributed by atoms with Gasteiger partial charge in [-0.2, -0.15) is 0 Å². The number of aromatic nitrogens is 1. The van der Waals surface area contributed by atoms with Crippen LogP contribution in [0.5, 0.6) is 0 Å². The van der Waals surface area contributed by atoms with E-state index in [1.54, 1.807) is 0 Å². The maximum Gasteiger partial charge on any atom is 0.372 e. The number of ether oxygens (including phenoxy) is 1. The Hall–Kier alpha value is -1.52. The molecule has 0 atom stereocenters. The average Bonchev–Trinajstić information content (AvgIpc) is 2.45. The van der Waals surface area contributed by atoms with Crippen LogP contribution in [0.2, 0.25) is 0 Å². The van der Waals surface area contributed by atoms with Crippen LogP contribution in [0.25, 0.3) is 0 Å². The van der Waals surface area contributed by atoms with Gasteiger partial charge in [-0.25, -0.2) is 14.7 Å². The van der Waals surface area contributed by atoms with E-state index in [0.717, 1.165) is 0 Å². The third kappa shape index (κ3) is 1.71. The predicted molar refractivity (Wildman–Crippen MR) is 49.4 cm³/mol. The van der Waals surface area contributed by atoms with Crippen molar-refractivity contribution < 1.29 is 14.1 Å². The molecule has 0 amide bonds. The van der Waals surface area contributed by atoms with Crippen molar-refractivity contribution in [3.63, 3.8) is 0 Å². The molecule has 0 spiro atoms. The summed E-state index contributed by atoms with van der Waals surface area (Å²) in [6.45, 7) is 5.58. The summed E-state index contributed by atoms with van der Waals surface area (Å²) in [4.78, 5) is 22.4. The maximum absolute atomic E-state index is 11.3. The Morgan fingerprint density at radius 2 is 2.00 bits per heavy atom. The van der Waals surface area contributed by atoms with Gasteiger partial charge in [-0.1, -0.05) is 20.8 Å². The molecule has 14 heavy (non-hydrogen) atoms. The second-order valence-corrected chi connectivity index (χ2v) is 3.98. The molecule has 1 N–H and O–H groups in total. The summed E-state index contributed by atoms with van der Waals surface area (Å²) < 4.78 is 9.06. The van der Waals surface area contributed by atoms with Gasteiger partial charge in [0, 0.05) is 5.41 Å². The highest BCUT2D eigenvalue weighted by atomic mass is 16.5. The van der Waals surface area contributed by atoms with Crippen LogP contribution < -0.4 is 5.63 Å². The van der Waals surface area contributed by atoms with Crippen LogP contribution in [-0.4, -0.2) is 18.2 Å². The highest BCUT2D eigenvalue weighted by Gasteiger charge is 2.28. The largest absolute Gasteiger partial charge is 0.465 e. The summed E-state index contributed by atoms with van der Waals surface area (Å²) in [7, 11) is 1.22. The topological polar surface area (TPSA) is 72.3 Å². The second-order valence-electron chi connectivity index (χ2n) is 3.98. The fraction of sp³-hybridized carbons (Fsp3) is 0.556.